The Morgan fingerprint density at radius 3 is 2.48 bits per heavy atom. The van der Waals surface area contributed by atoms with Crippen molar-refractivity contribution in [2.45, 2.75) is 30.7 Å². The Hall–Kier alpha value is -2.00. The lowest BCUT2D eigenvalue weighted by atomic mass is 9.97. The van der Waals surface area contributed by atoms with Gasteiger partial charge in [0.25, 0.3) is 0 Å². The highest BCUT2D eigenvalue weighted by Gasteiger charge is 2.36. The van der Waals surface area contributed by atoms with Crippen LogP contribution in [-0.4, -0.2) is 60.8 Å². The standard InChI is InChI=1S/C16H21FN2O5S/c1-11(16(21)22)18(2)15(20)12-4-3-9-19(10-12)25(23,24)14-7-5-13(17)6-8-14/h5-8,11-12H,3-4,9-10H2,1-2H3,(H,21,22). The zero-order chi connectivity index (χ0) is 18.8. The first-order valence-electron chi connectivity index (χ1n) is 7.89. The number of benzene rings is 1. The van der Waals surface area contributed by atoms with Crippen LogP contribution < -0.4 is 0 Å². The first-order valence-corrected chi connectivity index (χ1v) is 9.33. The van der Waals surface area contributed by atoms with Crippen molar-refractivity contribution in [2.75, 3.05) is 20.1 Å². The number of carbonyl (C=O) groups is 2. The number of carboxylic acids is 1. The van der Waals surface area contributed by atoms with E-state index in [1.807, 2.05) is 0 Å². The summed E-state index contributed by atoms with van der Waals surface area (Å²) in [5, 5.41) is 9.02. The molecule has 0 bridgehead atoms. The average Bonchev–Trinajstić information content (AvgIpc) is 2.60. The molecule has 0 spiro atoms. The van der Waals surface area contributed by atoms with Gasteiger partial charge in [0.1, 0.15) is 11.9 Å². The van der Waals surface area contributed by atoms with E-state index in [0.717, 1.165) is 17.0 Å². The van der Waals surface area contributed by atoms with E-state index >= 15 is 0 Å². The molecule has 2 rings (SSSR count). The van der Waals surface area contributed by atoms with Gasteiger partial charge in [-0.2, -0.15) is 4.31 Å². The van der Waals surface area contributed by atoms with E-state index < -0.39 is 39.7 Å². The van der Waals surface area contributed by atoms with Crippen LogP contribution in [0, 0.1) is 11.7 Å². The average molecular weight is 372 g/mol. The Bertz CT molecular complexity index is 750. The minimum Gasteiger partial charge on any atom is -0.480 e. The lowest BCUT2D eigenvalue weighted by Crippen LogP contribution is -2.49. The number of nitrogens with zero attached hydrogens (tertiary/aromatic N) is 2. The Kier molecular flexibility index (Phi) is 5.79. The topological polar surface area (TPSA) is 95.0 Å². The zero-order valence-corrected chi connectivity index (χ0v) is 14.9. The molecule has 7 nitrogen and oxygen atoms in total. The van der Waals surface area contributed by atoms with Crippen molar-refractivity contribution in [3.63, 3.8) is 0 Å². The lowest BCUT2D eigenvalue weighted by molar-refractivity contribution is -0.150. The Morgan fingerprint density at radius 2 is 1.92 bits per heavy atom. The number of carbonyl (C=O) groups excluding carboxylic acids is 1. The molecule has 138 valence electrons. The monoisotopic (exact) mass is 372 g/mol. The minimum atomic E-state index is -3.83. The highest BCUT2D eigenvalue weighted by atomic mass is 32.2. The molecule has 0 radical (unpaired) electrons. The molecule has 1 N–H and O–H groups in total. The van der Waals surface area contributed by atoms with Crippen LogP contribution in [0.2, 0.25) is 0 Å². The van der Waals surface area contributed by atoms with Gasteiger partial charge in [0.05, 0.1) is 10.8 Å². The SMILES string of the molecule is CC(C(=O)O)N(C)C(=O)C1CCCN(S(=O)(=O)c2ccc(F)cc2)C1. The first-order chi connectivity index (χ1) is 11.6. The van der Waals surface area contributed by atoms with Gasteiger partial charge in [-0.05, 0) is 44.0 Å². The van der Waals surface area contributed by atoms with Gasteiger partial charge in [-0.3, -0.25) is 4.79 Å². The van der Waals surface area contributed by atoms with E-state index in [-0.39, 0.29) is 18.0 Å². The van der Waals surface area contributed by atoms with Crippen molar-refractivity contribution < 1.29 is 27.5 Å². The number of hydrogen-bond donors (Lipinski definition) is 1. The summed E-state index contributed by atoms with van der Waals surface area (Å²) < 4.78 is 39.5. The van der Waals surface area contributed by atoms with Crippen LogP contribution in [0.5, 0.6) is 0 Å². The fraction of sp³-hybridized carbons (Fsp3) is 0.500. The Balaban J connectivity index is 2.16. The van der Waals surface area contributed by atoms with Crippen molar-refractivity contribution in [3.8, 4) is 0 Å². The summed E-state index contributed by atoms with van der Waals surface area (Å²) in [6, 6.07) is 3.53. The molecule has 2 atom stereocenters. The van der Waals surface area contributed by atoms with Gasteiger partial charge in [-0.15, -0.1) is 0 Å². The van der Waals surface area contributed by atoms with Crippen LogP contribution >= 0.6 is 0 Å². The number of piperidine rings is 1. The minimum absolute atomic E-state index is 0.0186. The summed E-state index contributed by atoms with van der Waals surface area (Å²) in [6.45, 7) is 1.65. The molecule has 0 aliphatic carbocycles. The van der Waals surface area contributed by atoms with E-state index in [0.29, 0.717) is 12.8 Å². The van der Waals surface area contributed by atoms with E-state index in [4.69, 9.17) is 5.11 Å². The van der Waals surface area contributed by atoms with Crippen LogP contribution in [0.25, 0.3) is 0 Å². The van der Waals surface area contributed by atoms with Gasteiger partial charge < -0.3 is 10.0 Å². The third-order valence-electron chi connectivity index (χ3n) is 4.47. The molecule has 1 amide bonds. The molecule has 1 heterocycles. The molecule has 9 heteroatoms. The molecule has 0 aromatic heterocycles. The predicted octanol–water partition coefficient (Wildman–Crippen LogP) is 1.16. The number of amides is 1. The van der Waals surface area contributed by atoms with Crippen LogP contribution in [0.15, 0.2) is 29.2 Å². The fourth-order valence-electron chi connectivity index (χ4n) is 2.76. The highest BCUT2D eigenvalue weighted by Crippen LogP contribution is 2.25. The lowest BCUT2D eigenvalue weighted by Gasteiger charge is -2.34. The number of rotatable bonds is 5. The second-order valence-corrected chi connectivity index (χ2v) is 8.06. The molecular weight excluding hydrogens is 351 g/mol. The highest BCUT2D eigenvalue weighted by molar-refractivity contribution is 7.89. The predicted molar refractivity (Wildman–Crippen MR) is 87.8 cm³/mol. The van der Waals surface area contributed by atoms with E-state index in [2.05, 4.69) is 0 Å². The van der Waals surface area contributed by atoms with Crippen LogP contribution in [0.4, 0.5) is 4.39 Å². The summed E-state index contributed by atoms with van der Waals surface area (Å²) >= 11 is 0. The second kappa shape index (κ2) is 7.49. The summed E-state index contributed by atoms with van der Waals surface area (Å²) in [4.78, 5) is 24.6. The number of halogens is 1. The Morgan fingerprint density at radius 1 is 1.32 bits per heavy atom. The van der Waals surface area contributed by atoms with Gasteiger partial charge in [0, 0.05) is 20.1 Å². The molecule has 1 aliphatic heterocycles. The van der Waals surface area contributed by atoms with E-state index in [1.54, 1.807) is 0 Å². The molecule has 25 heavy (non-hydrogen) atoms. The van der Waals surface area contributed by atoms with Gasteiger partial charge in [0.15, 0.2) is 0 Å². The van der Waals surface area contributed by atoms with Crippen LogP contribution in [0.3, 0.4) is 0 Å². The quantitative estimate of drug-likeness (QED) is 0.837. The van der Waals surface area contributed by atoms with Crippen LogP contribution in [-0.2, 0) is 19.6 Å². The second-order valence-electron chi connectivity index (χ2n) is 6.12. The van der Waals surface area contributed by atoms with Crippen LogP contribution in [0.1, 0.15) is 19.8 Å². The number of sulfonamides is 1. The number of hydrogen-bond acceptors (Lipinski definition) is 4. The molecule has 1 aromatic carbocycles. The van der Waals surface area contributed by atoms with Gasteiger partial charge in [-0.25, -0.2) is 17.6 Å². The maximum atomic E-state index is 13.0. The number of carboxylic acid groups (broad SMARTS) is 1. The largest absolute Gasteiger partial charge is 0.480 e. The third-order valence-corrected chi connectivity index (χ3v) is 6.35. The molecule has 1 aliphatic rings. The van der Waals surface area contributed by atoms with Crippen molar-refractivity contribution in [2.24, 2.45) is 5.92 Å². The maximum absolute atomic E-state index is 13.0. The van der Waals surface area contributed by atoms with E-state index in [1.165, 1.54) is 30.4 Å². The summed E-state index contributed by atoms with van der Waals surface area (Å²) in [7, 11) is -2.43. The molecule has 1 fully saturated rings. The molecule has 2 unspecified atom stereocenters. The normalized spacial score (nSPS) is 20.0. The molecule has 1 saturated heterocycles. The van der Waals surface area contributed by atoms with Crippen molar-refractivity contribution >= 4 is 21.9 Å². The molecule has 1 aromatic rings. The fourth-order valence-corrected chi connectivity index (χ4v) is 4.29. The summed E-state index contributed by atoms with van der Waals surface area (Å²) in [5.74, 6) is -2.65. The van der Waals surface area contributed by atoms with Gasteiger partial charge in [0.2, 0.25) is 15.9 Å². The van der Waals surface area contributed by atoms with Crippen molar-refractivity contribution in [3.05, 3.63) is 30.1 Å². The number of likely N-dealkylation sites (N-methyl/N-ethyl adjacent to an activating group) is 1. The van der Waals surface area contributed by atoms with E-state index in [9.17, 15) is 22.4 Å². The smallest absolute Gasteiger partial charge is 0.326 e. The summed E-state index contributed by atoms with van der Waals surface area (Å²) in [6.07, 6.45) is 0.983. The molecular formula is C16H21FN2O5S. The zero-order valence-electron chi connectivity index (χ0n) is 14.1. The van der Waals surface area contributed by atoms with Gasteiger partial charge in [-0.1, -0.05) is 0 Å². The van der Waals surface area contributed by atoms with Gasteiger partial charge >= 0.3 is 5.97 Å². The number of aliphatic carboxylic acids is 1. The Labute approximate surface area is 146 Å². The van der Waals surface area contributed by atoms with Crippen molar-refractivity contribution in [1.29, 1.82) is 0 Å². The molecule has 0 saturated carbocycles. The first kappa shape index (κ1) is 19.3. The van der Waals surface area contributed by atoms with Crippen molar-refractivity contribution in [1.82, 2.24) is 9.21 Å². The maximum Gasteiger partial charge on any atom is 0.326 e. The third kappa shape index (κ3) is 4.16. The summed E-state index contributed by atoms with van der Waals surface area (Å²) in [5.41, 5.74) is 0.